The first-order valence-corrected chi connectivity index (χ1v) is 7.36. The number of fused-ring (bicyclic) bond motifs is 1. The molecule has 2 amide bonds. The number of carbonyl (C=O) groups excluding carboxylic acids is 2. The van der Waals surface area contributed by atoms with Crippen LogP contribution in [0.25, 0.3) is 0 Å². The fraction of sp³-hybridized carbons (Fsp3) is 0.500. The quantitative estimate of drug-likeness (QED) is 0.779. The first-order chi connectivity index (χ1) is 10.1. The Kier molecular flexibility index (Phi) is 3.68. The summed E-state index contributed by atoms with van der Waals surface area (Å²) in [5.74, 6) is 0.478. The first kappa shape index (κ1) is 14.1. The number of carbonyl (C=O) groups is 2. The van der Waals surface area contributed by atoms with Crippen molar-refractivity contribution in [3.63, 3.8) is 0 Å². The van der Waals surface area contributed by atoms with E-state index >= 15 is 0 Å². The second-order valence-corrected chi connectivity index (χ2v) is 5.68. The van der Waals surface area contributed by atoms with E-state index in [4.69, 9.17) is 4.74 Å². The summed E-state index contributed by atoms with van der Waals surface area (Å²) in [6.07, 6.45) is 0. The third-order valence-electron chi connectivity index (χ3n) is 4.36. The molecule has 2 heterocycles. The maximum Gasteiger partial charge on any atom is 0.234 e. The highest BCUT2D eigenvalue weighted by Crippen LogP contribution is 2.34. The normalized spacial score (nSPS) is 25.5. The highest BCUT2D eigenvalue weighted by Gasteiger charge is 2.50. The molecule has 2 aliphatic rings. The second kappa shape index (κ2) is 5.48. The molecule has 3 rings (SSSR count). The summed E-state index contributed by atoms with van der Waals surface area (Å²) in [7, 11) is 1.58. The highest BCUT2D eigenvalue weighted by molar-refractivity contribution is 6.05. The first-order valence-electron chi connectivity index (χ1n) is 7.36. The Balaban J connectivity index is 1.72. The zero-order chi connectivity index (χ0) is 15.0. The van der Waals surface area contributed by atoms with Gasteiger partial charge in [-0.15, -0.1) is 0 Å². The Morgan fingerprint density at radius 1 is 1.14 bits per heavy atom. The van der Waals surface area contributed by atoms with Crippen molar-refractivity contribution in [3.05, 3.63) is 29.8 Å². The van der Waals surface area contributed by atoms with E-state index in [9.17, 15) is 9.59 Å². The van der Waals surface area contributed by atoms with E-state index in [1.54, 1.807) is 7.05 Å². The van der Waals surface area contributed by atoms with Crippen molar-refractivity contribution in [3.8, 4) is 5.75 Å². The fourth-order valence-corrected chi connectivity index (χ4v) is 3.29. The summed E-state index contributed by atoms with van der Waals surface area (Å²) in [6.45, 7) is 4.61. The van der Waals surface area contributed by atoms with Crippen LogP contribution >= 0.6 is 0 Å². The lowest BCUT2D eigenvalue weighted by Gasteiger charge is -2.20. The van der Waals surface area contributed by atoms with Crippen LogP contribution in [0.3, 0.4) is 0 Å². The van der Waals surface area contributed by atoms with E-state index in [2.05, 4.69) is 4.90 Å². The summed E-state index contributed by atoms with van der Waals surface area (Å²) < 4.78 is 5.63. The predicted octanol–water partition coefficient (Wildman–Crippen LogP) is 1.13. The zero-order valence-corrected chi connectivity index (χ0v) is 12.4. The Bertz CT molecular complexity index is 548. The molecule has 2 aliphatic heterocycles. The zero-order valence-electron chi connectivity index (χ0n) is 12.4. The number of ether oxygens (including phenoxy) is 1. The number of likely N-dealkylation sites (tertiary alicyclic amines) is 2. The highest BCUT2D eigenvalue weighted by atomic mass is 16.5. The van der Waals surface area contributed by atoms with Crippen molar-refractivity contribution >= 4 is 11.8 Å². The molecule has 0 unspecified atom stereocenters. The van der Waals surface area contributed by atoms with Crippen LogP contribution in [0.15, 0.2) is 24.3 Å². The second-order valence-electron chi connectivity index (χ2n) is 5.68. The number of hydrogen-bond acceptors (Lipinski definition) is 4. The van der Waals surface area contributed by atoms with Crippen LogP contribution in [0.2, 0.25) is 0 Å². The summed E-state index contributed by atoms with van der Waals surface area (Å²) in [6, 6.07) is 7.93. The van der Waals surface area contributed by atoms with Gasteiger partial charge in [0.25, 0.3) is 0 Å². The lowest BCUT2D eigenvalue weighted by molar-refractivity contribution is -0.138. The molecule has 5 heteroatoms. The molecule has 0 N–H and O–H groups in total. The average molecular weight is 288 g/mol. The van der Waals surface area contributed by atoms with Crippen molar-refractivity contribution in [2.45, 2.75) is 13.5 Å². The SMILES string of the molecule is CCOc1ccccc1CN1C[C@@H]2C(=O)N(C)C(=O)[C@@H]2C1. The molecule has 0 radical (unpaired) electrons. The minimum atomic E-state index is -0.165. The van der Waals surface area contributed by atoms with E-state index in [0.29, 0.717) is 26.2 Å². The van der Waals surface area contributed by atoms with Crippen LogP contribution in [0.4, 0.5) is 0 Å². The van der Waals surface area contributed by atoms with Gasteiger partial charge in [0.2, 0.25) is 11.8 Å². The van der Waals surface area contributed by atoms with Gasteiger partial charge < -0.3 is 4.74 Å². The molecule has 5 nitrogen and oxygen atoms in total. The number of para-hydroxylation sites is 1. The monoisotopic (exact) mass is 288 g/mol. The Labute approximate surface area is 124 Å². The number of amides is 2. The van der Waals surface area contributed by atoms with Gasteiger partial charge in [-0.3, -0.25) is 19.4 Å². The van der Waals surface area contributed by atoms with Crippen molar-refractivity contribution in [2.24, 2.45) is 11.8 Å². The number of imide groups is 1. The van der Waals surface area contributed by atoms with Gasteiger partial charge in [-0.25, -0.2) is 0 Å². The number of benzene rings is 1. The molecule has 1 aromatic rings. The van der Waals surface area contributed by atoms with Crippen molar-refractivity contribution in [1.29, 1.82) is 0 Å². The van der Waals surface area contributed by atoms with E-state index < -0.39 is 0 Å². The fourth-order valence-electron chi connectivity index (χ4n) is 3.29. The van der Waals surface area contributed by atoms with Crippen LogP contribution in [0.5, 0.6) is 5.75 Å². The molecule has 0 aliphatic carbocycles. The van der Waals surface area contributed by atoms with Crippen molar-refractivity contribution < 1.29 is 14.3 Å². The van der Waals surface area contributed by atoms with Crippen molar-refractivity contribution in [1.82, 2.24) is 9.80 Å². The molecule has 1 aromatic carbocycles. The summed E-state index contributed by atoms with van der Waals surface area (Å²) in [4.78, 5) is 27.5. The van der Waals surface area contributed by atoms with Gasteiger partial charge in [0.1, 0.15) is 5.75 Å². The van der Waals surface area contributed by atoms with Gasteiger partial charge >= 0.3 is 0 Å². The molecular weight excluding hydrogens is 268 g/mol. The summed E-state index contributed by atoms with van der Waals surface area (Å²) >= 11 is 0. The van der Waals surface area contributed by atoms with Crippen LogP contribution < -0.4 is 4.74 Å². The molecule has 0 spiro atoms. The molecule has 0 saturated carbocycles. The predicted molar refractivity (Wildman–Crippen MR) is 77.6 cm³/mol. The van der Waals surface area contributed by atoms with Gasteiger partial charge in [-0.1, -0.05) is 18.2 Å². The van der Waals surface area contributed by atoms with Gasteiger partial charge in [0.05, 0.1) is 18.4 Å². The van der Waals surface area contributed by atoms with E-state index in [0.717, 1.165) is 11.3 Å². The lowest BCUT2D eigenvalue weighted by Crippen LogP contribution is -2.33. The maximum absolute atomic E-state index is 12.0. The number of nitrogens with zero attached hydrogens (tertiary/aromatic N) is 2. The van der Waals surface area contributed by atoms with E-state index in [1.165, 1.54) is 4.90 Å². The van der Waals surface area contributed by atoms with Gasteiger partial charge in [-0.2, -0.15) is 0 Å². The standard InChI is InChI=1S/C16H20N2O3/c1-3-21-14-7-5-4-6-11(14)8-18-9-12-13(10-18)16(20)17(2)15(12)19/h4-7,12-13H,3,8-10H2,1-2H3/t12-,13+. The molecule has 2 fully saturated rings. The van der Waals surface area contributed by atoms with Gasteiger partial charge in [0, 0.05) is 32.2 Å². The minimum absolute atomic E-state index is 0.0365. The van der Waals surface area contributed by atoms with Crippen LogP contribution in [-0.4, -0.2) is 48.4 Å². The molecule has 112 valence electrons. The summed E-state index contributed by atoms with van der Waals surface area (Å²) in [5, 5.41) is 0. The average Bonchev–Trinajstić information content (AvgIpc) is 2.98. The van der Waals surface area contributed by atoms with Crippen LogP contribution in [-0.2, 0) is 16.1 Å². The molecule has 2 saturated heterocycles. The van der Waals surface area contributed by atoms with Gasteiger partial charge in [0.15, 0.2) is 0 Å². The maximum atomic E-state index is 12.0. The van der Waals surface area contributed by atoms with E-state index in [1.807, 2.05) is 31.2 Å². The summed E-state index contributed by atoms with van der Waals surface area (Å²) in [5.41, 5.74) is 1.10. The molecular formula is C16H20N2O3. The minimum Gasteiger partial charge on any atom is -0.494 e. The third-order valence-corrected chi connectivity index (χ3v) is 4.36. The van der Waals surface area contributed by atoms with E-state index in [-0.39, 0.29) is 23.7 Å². The topological polar surface area (TPSA) is 49.9 Å². The Morgan fingerprint density at radius 2 is 1.76 bits per heavy atom. The number of hydrogen-bond donors (Lipinski definition) is 0. The molecule has 0 bridgehead atoms. The smallest absolute Gasteiger partial charge is 0.234 e. The van der Waals surface area contributed by atoms with Crippen LogP contribution in [0, 0.1) is 11.8 Å². The largest absolute Gasteiger partial charge is 0.494 e. The molecule has 0 aromatic heterocycles. The lowest BCUT2D eigenvalue weighted by atomic mass is 10.00. The number of rotatable bonds is 4. The molecule has 2 atom stereocenters. The van der Waals surface area contributed by atoms with Crippen LogP contribution in [0.1, 0.15) is 12.5 Å². The van der Waals surface area contributed by atoms with Crippen molar-refractivity contribution in [2.75, 3.05) is 26.7 Å². The molecule has 21 heavy (non-hydrogen) atoms. The third kappa shape index (κ3) is 2.42. The van der Waals surface area contributed by atoms with Gasteiger partial charge in [-0.05, 0) is 13.0 Å². The Morgan fingerprint density at radius 3 is 2.38 bits per heavy atom. The Hall–Kier alpha value is -1.88.